The molecule has 1 N–H and O–H groups in total. The third kappa shape index (κ3) is 5.03. The van der Waals surface area contributed by atoms with Crippen LogP contribution in [0.25, 0.3) is 0 Å². The zero-order valence-electron chi connectivity index (χ0n) is 18.4. The number of ketones is 1. The van der Waals surface area contributed by atoms with Gasteiger partial charge >= 0.3 is 0 Å². The summed E-state index contributed by atoms with van der Waals surface area (Å²) in [6.45, 7) is 1.51. The monoisotopic (exact) mass is 467 g/mol. The molecular formula is C26H28ClN2O2S+. The number of halogens is 1. The number of benzene rings is 2. The van der Waals surface area contributed by atoms with Gasteiger partial charge in [0.2, 0.25) is 5.78 Å². The second-order valence-corrected chi connectivity index (χ2v) is 10.2. The van der Waals surface area contributed by atoms with Crippen molar-refractivity contribution in [2.75, 3.05) is 20.7 Å². The first-order valence-corrected chi connectivity index (χ1v) is 11.9. The van der Waals surface area contributed by atoms with E-state index >= 15 is 0 Å². The van der Waals surface area contributed by atoms with E-state index < -0.39 is 0 Å². The van der Waals surface area contributed by atoms with Crippen LogP contribution in [-0.2, 0) is 19.5 Å². The fraction of sp³-hybridized carbons (Fsp3) is 0.269. The molecule has 0 amide bonds. The van der Waals surface area contributed by atoms with Crippen LogP contribution >= 0.6 is 22.9 Å². The molecule has 2 atom stereocenters. The number of rotatable bonds is 8. The molecule has 0 radical (unpaired) electrons. The number of thiophene rings is 1. The van der Waals surface area contributed by atoms with Crippen molar-refractivity contribution < 1.29 is 9.90 Å². The van der Waals surface area contributed by atoms with E-state index in [1.54, 1.807) is 17.4 Å². The largest absolute Gasteiger partial charge is 0.395 e. The lowest BCUT2D eigenvalue weighted by molar-refractivity contribution is 0.104. The van der Waals surface area contributed by atoms with E-state index in [0.717, 1.165) is 39.0 Å². The number of likely N-dealkylation sites (N-methyl/N-ethyl adjacent to an activating group) is 1. The van der Waals surface area contributed by atoms with Crippen molar-refractivity contribution in [2.45, 2.75) is 25.6 Å². The van der Waals surface area contributed by atoms with Crippen LogP contribution in [0.3, 0.4) is 0 Å². The van der Waals surface area contributed by atoms with Crippen molar-refractivity contribution in [1.82, 2.24) is 9.38 Å². The molecule has 1 aliphatic heterocycles. The van der Waals surface area contributed by atoms with Gasteiger partial charge in [-0.2, -0.15) is 0 Å². The van der Waals surface area contributed by atoms with Crippen LogP contribution in [0.15, 0.2) is 72.9 Å². The number of quaternary nitrogens is 1. The van der Waals surface area contributed by atoms with Gasteiger partial charge in [-0.3, -0.25) is 14.2 Å². The van der Waals surface area contributed by atoms with E-state index in [9.17, 15) is 9.90 Å². The Morgan fingerprint density at radius 2 is 1.81 bits per heavy atom. The van der Waals surface area contributed by atoms with E-state index in [1.807, 2.05) is 55.7 Å². The van der Waals surface area contributed by atoms with Gasteiger partial charge < -0.3 is 5.11 Å². The summed E-state index contributed by atoms with van der Waals surface area (Å²) in [5.41, 5.74) is 3.40. The van der Waals surface area contributed by atoms with E-state index in [1.165, 1.54) is 5.56 Å². The maximum absolute atomic E-state index is 12.6. The highest BCUT2D eigenvalue weighted by molar-refractivity contribution is 7.14. The van der Waals surface area contributed by atoms with Crippen LogP contribution in [0, 0.1) is 0 Å². The molecule has 0 saturated carbocycles. The molecule has 0 spiro atoms. The molecule has 4 nitrogen and oxygen atoms in total. The van der Waals surface area contributed by atoms with Crippen LogP contribution in [-0.4, -0.2) is 42.5 Å². The molecule has 4 rings (SSSR count). The standard InChI is InChI=1S/C26H28ClN2O2S/c1-28(22(18-30)14-19-6-4-3-5-7-19)16-23-15-24-26(32-23)25(31)12-13-29(24,2)17-20-8-10-21(27)11-9-20/h3-13,15,22,30H,14,16-18H2,1-2H3/q+1. The fourth-order valence-electron chi connectivity index (χ4n) is 4.18. The number of hydrogen-bond donors (Lipinski definition) is 1. The molecule has 2 heterocycles. The second kappa shape index (κ2) is 9.69. The van der Waals surface area contributed by atoms with Gasteiger partial charge in [0.25, 0.3) is 0 Å². The molecule has 1 aliphatic rings. The molecule has 6 heteroatoms. The average Bonchev–Trinajstić information content (AvgIpc) is 3.23. The number of hydrogen-bond acceptors (Lipinski definition) is 4. The first kappa shape index (κ1) is 22.9. The van der Waals surface area contributed by atoms with Crippen molar-refractivity contribution in [3.05, 3.63) is 98.8 Å². The minimum atomic E-state index is 0.0142. The molecule has 2 unspecified atom stereocenters. The van der Waals surface area contributed by atoms with Crippen LogP contribution in [0.1, 0.15) is 25.7 Å². The predicted molar refractivity (Wildman–Crippen MR) is 133 cm³/mol. The summed E-state index contributed by atoms with van der Waals surface area (Å²) in [4.78, 5) is 16.7. The average molecular weight is 468 g/mol. The van der Waals surface area contributed by atoms with Gasteiger partial charge in [0.05, 0.1) is 13.7 Å². The smallest absolute Gasteiger partial charge is 0.207 e. The highest BCUT2D eigenvalue weighted by Gasteiger charge is 2.35. The SMILES string of the molecule is CN(Cc1cc2c(s1)C(=O)C=C[N+]2(C)Cc1ccc(Cl)cc1)C(CO)Cc1ccccc1. The number of aliphatic hydroxyl groups is 1. The summed E-state index contributed by atoms with van der Waals surface area (Å²) in [6.07, 6.45) is 4.45. The number of fused-ring (bicyclic) bond motifs is 1. The second-order valence-electron chi connectivity index (χ2n) is 8.60. The number of carbonyl (C=O) groups is 1. The normalized spacial score (nSPS) is 18.7. The van der Waals surface area contributed by atoms with Crippen molar-refractivity contribution in [3.8, 4) is 0 Å². The maximum Gasteiger partial charge on any atom is 0.207 e. The summed E-state index contributed by atoms with van der Waals surface area (Å²) in [6, 6.07) is 20.3. The van der Waals surface area contributed by atoms with E-state index in [2.05, 4.69) is 30.1 Å². The lowest BCUT2D eigenvalue weighted by Gasteiger charge is -2.31. The van der Waals surface area contributed by atoms with E-state index in [0.29, 0.717) is 11.0 Å². The molecule has 2 aromatic carbocycles. The molecule has 0 saturated heterocycles. The number of allylic oxidation sites excluding steroid dienone is 1. The summed E-state index contributed by atoms with van der Waals surface area (Å²) in [5.74, 6) is 0.0635. The molecule has 0 aliphatic carbocycles. The van der Waals surface area contributed by atoms with Gasteiger partial charge in [0.15, 0.2) is 5.69 Å². The molecule has 166 valence electrons. The molecule has 32 heavy (non-hydrogen) atoms. The lowest BCUT2D eigenvalue weighted by Crippen LogP contribution is -2.40. The van der Waals surface area contributed by atoms with Crippen LogP contribution in [0.4, 0.5) is 5.69 Å². The summed E-state index contributed by atoms with van der Waals surface area (Å²) < 4.78 is 0.538. The topological polar surface area (TPSA) is 40.5 Å². The molecule has 0 bridgehead atoms. The van der Waals surface area contributed by atoms with Crippen LogP contribution in [0.2, 0.25) is 5.02 Å². The van der Waals surface area contributed by atoms with Crippen molar-refractivity contribution in [2.24, 2.45) is 0 Å². The first-order valence-electron chi connectivity index (χ1n) is 10.7. The van der Waals surface area contributed by atoms with Crippen molar-refractivity contribution >= 4 is 34.4 Å². The lowest BCUT2D eigenvalue weighted by atomic mass is 10.1. The Hall–Kier alpha value is -2.28. The minimum Gasteiger partial charge on any atom is -0.395 e. The van der Waals surface area contributed by atoms with Crippen LogP contribution in [0.5, 0.6) is 0 Å². The Kier molecular flexibility index (Phi) is 6.93. The Labute approximate surface area is 198 Å². The highest BCUT2D eigenvalue weighted by Crippen LogP contribution is 2.39. The van der Waals surface area contributed by atoms with Gasteiger partial charge in [-0.05, 0) is 31.2 Å². The van der Waals surface area contributed by atoms with Gasteiger partial charge in [0.1, 0.15) is 17.6 Å². The van der Waals surface area contributed by atoms with E-state index in [-0.39, 0.29) is 18.4 Å². The predicted octanol–water partition coefficient (Wildman–Crippen LogP) is 5.28. The summed E-state index contributed by atoms with van der Waals surface area (Å²) >= 11 is 7.61. The Balaban J connectivity index is 1.54. The van der Waals surface area contributed by atoms with Crippen LogP contribution < -0.4 is 4.48 Å². The first-order chi connectivity index (χ1) is 15.4. The molecule has 1 aromatic heterocycles. The third-order valence-corrected chi connectivity index (χ3v) is 7.45. The molecule has 3 aromatic rings. The number of nitrogens with zero attached hydrogens (tertiary/aromatic N) is 2. The summed E-state index contributed by atoms with van der Waals surface area (Å²) in [5, 5.41) is 10.7. The Bertz CT molecular complexity index is 1110. The number of aliphatic hydroxyl groups excluding tert-OH is 1. The quantitative estimate of drug-likeness (QED) is 0.458. The third-order valence-electron chi connectivity index (χ3n) is 6.07. The maximum atomic E-state index is 12.6. The minimum absolute atomic E-state index is 0.0142. The zero-order chi connectivity index (χ0) is 22.7. The Morgan fingerprint density at radius 1 is 1.09 bits per heavy atom. The van der Waals surface area contributed by atoms with Crippen molar-refractivity contribution in [1.29, 1.82) is 0 Å². The highest BCUT2D eigenvalue weighted by atomic mass is 35.5. The molecule has 0 fully saturated rings. The zero-order valence-corrected chi connectivity index (χ0v) is 19.9. The fourth-order valence-corrected chi connectivity index (χ4v) is 5.55. The van der Waals surface area contributed by atoms with Gasteiger partial charge in [0, 0.05) is 40.2 Å². The Morgan fingerprint density at radius 3 is 2.50 bits per heavy atom. The van der Waals surface area contributed by atoms with Gasteiger partial charge in [-0.1, -0.05) is 54.1 Å². The number of carbonyl (C=O) groups excluding carboxylic acids is 1. The van der Waals surface area contributed by atoms with E-state index in [4.69, 9.17) is 11.6 Å². The summed E-state index contributed by atoms with van der Waals surface area (Å²) in [7, 11) is 4.16. The van der Waals surface area contributed by atoms with Gasteiger partial charge in [-0.25, -0.2) is 0 Å². The van der Waals surface area contributed by atoms with Crippen molar-refractivity contribution in [3.63, 3.8) is 0 Å². The van der Waals surface area contributed by atoms with Gasteiger partial charge in [-0.15, -0.1) is 11.3 Å². The molecular weight excluding hydrogens is 440 g/mol.